The van der Waals surface area contributed by atoms with Crippen LogP contribution in [-0.4, -0.2) is 9.97 Å². The van der Waals surface area contributed by atoms with E-state index in [1.165, 1.54) is 6.20 Å². The second kappa shape index (κ2) is 4.55. The first kappa shape index (κ1) is 11.0. The maximum absolute atomic E-state index is 6.01. The van der Waals surface area contributed by atoms with Crippen LogP contribution < -0.4 is 11.1 Å². The Morgan fingerprint density at radius 2 is 2.00 bits per heavy atom. The van der Waals surface area contributed by atoms with Gasteiger partial charge in [0.2, 0.25) is 0 Å². The molecule has 1 aromatic carbocycles. The van der Waals surface area contributed by atoms with Crippen LogP contribution in [-0.2, 0) is 0 Å². The van der Waals surface area contributed by atoms with Crippen molar-refractivity contribution in [3.05, 3.63) is 40.6 Å². The number of halogens is 2. The van der Waals surface area contributed by atoms with Gasteiger partial charge < -0.3 is 11.1 Å². The number of anilines is 3. The summed E-state index contributed by atoms with van der Waals surface area (Å²) in [6.07, 6.45) is 3.01. The zero-order valence-electron chi connectivity index (χ0n) is 8.11. The lowest BCUT2D eigenvalue weighted by Gasteiger charge is -2.08. The minimum absolute atomic E-state index is 0.336. The van der Waals surface area contributed by atoms with Gasteiger partial charge in [-0.15, -0.1) is 0 Å². The number of aromatic nitrogens is 2. The maximum atomic E-state index is 6.01. The average molecular weight is 255 g/mol. The minimum atomic E-state index is 0.336. The molecule has 82 valence electrons. The van der Waals surface area contributed by atoms with Crippen LogP contribution in [0.5, 0.6) is 0 Å². The van der Waals surface area contributed by atoms with E-state index in [2.05, 4.69) is 15.3 Å². The summed E-state index contributed by atoms with van der Waals surface area (Å²) in [5.41, 5.74) is 6.17. The van der Waals surface area contributed by atoms with Crippen molar-refractivity contribution in [2.75, 3.05) is 11.1 Å². The van der Waals surface area contributed by atoms with Crippen LogP contribution in [0.4, 0.5) is 17.3 Å². The van der Waals surface area contributed by atoms with Crippen LogP contribution in [0.25, 0.3) is 0 Å². The molecule has 2 rings (SSSR count). The zero-order valence-corrected chi connectivity index (χ0v) is 9.63. The molecule has 0 aliphatic heterocycles. The molecule has 3 N–H and O–H groups in total. The van der Waals surface area contributed by atoms with Crippen LogP contribution in [0.2, 0.25) is 10.0 Å². The number of rotatable bonds is 2. The van der Waals surface area contributed by atoms with E-state index in [1.54, 1.807) is 24.4 Å². The molecule has 0 aliphatic rings. The fraction of sp³-hybridized carbons (Fsp3) is 0. The van der Waals surface area contributed by atoms with E-state index in [0.717, 1.165) is 0 Å². The Kier molecular flexibility index (Phi) is 3.12. The van der Waals surface area contributed by atoms with Gasteiger partial charge in [-0.3, -0.25) is 4.98 Å². The molecule has 2 aromatic rings. The van der Waals surface area contributed by atoms with Gasteiger partial charge in [0.15, 0.2) is 5.82 Å². The Hall–Kier alpha value is -1.52. The van der Waals surface area contributed by atoms with Gasteiger partial charge in [-0.05, 0) is 12.1 Å². The highest BCUT2D eigenvalue weighted by Crippen LogP contribution is 2.31. The molecule has 0 radical (unpaired) electrons. The molecule has 0 unspecified atom stereocenters. The molecule has 0 aliphatic carbocycles. The summed E-state index contributed by atoms with van der Waals surface area (Å²) < 4.78 is 0. The van der Waals surface area contributed by atoms with Gasteiger partial charge in [0.1, 0.15) is 5.82 Å². The second-order valence-corrected chi connectivity index (χ2v) is 3.84. The van der Waals surface area contributed by atoms with Crippen LogP contribution in [0.3, 0.4) is 0 Å². The van der Waals surface area contributed by atoms with Crippen molar-refractivity contribution in [1.82, 2.24) is 9.97 Å². The number of nitrogens with zero attached hydrogens (tertiary/aromatic N) is 2. The summed E-state index contributed by atoms with van der Waals surface area (Å²) >= 11 is 11.9. The largest absolute Gasteiger partial charge is 0.382 e. The Bertz CT molecular complexity index is 516. The highest BCUT2D eigenvalue weighted by Gasteiger charge is 2.05. The Balaban J connectivity index is 2.31. The van der Waals surface area contributed by atoms with Crippen molar-refractivity contribution in [3.8, 4) is 0 Å². The van der Waals surface area contributed by atoms with Crippen molar-refractivity contribution < 1.29 is 0 Å². The van der Waals surface area contributed by atoms with Crippen LogP contribution in [0.15, 0.2) is 30.6 Å². The van der Waals surface area contributed by atoms with E-state index in [4.69, 9.17) is 28.9 Å². The molecule has 16 heavy (non-hydrogen) atoms. The number of nitrogens with one attached hydrogen (secondary N) is 1. The van der Waals surface area contributed by atoms with Crippen LogP contribution in [0.1, 0.15) is 0 Å². The van der Waals surface area contributed by atoms with Crippen molar-refractivity contribution in [1.29, 1.82) is 0 Å². The number of nitrogens with two attached hydrogens (primary N) is 1. The van der Waals surface area contributed by atoms with E-state index in [9.17, 15) is 0 Å². The molecule has 6 heteroatoms. The summed E-state index contributed by atoms with van der Waals surface area (Å²) in [5.74, 6) is 0.854. The molecule has 0 saturated carbocycles. The lowest BCUT2D eigenvalue weighted by atomic mass is 10.3. The SMILES string of the molecule is Nc1cncc(Nc2cccc(Cl)c2Cl)n1. The van der Waals surface area contributed by atoms with E-state index in [1.807, 2.05) is 0 Å². The monoisotopic (exact) mass is 254 g/mol. The fourth-order valence-electron chi connectivity index (χ4n) is 1.18. The maximum Gasteiger partial charge on any atom is 0.151 e. The molecule has 0 atom stereocenters. The number of hydrogen-bond donors (Lipinski definition) is 2. The molecule has 0 saturated heterocycles. The van der Waals surface area contributed by atoms with Crippen molar-refractivity contribution >= 4 is 40.5 Å². The Morgan fingerprint density at radius 1 is 1.19 bits per heavy atom. The van der Waals surface area contributed by atoms with Gasteiger partial charge in [-0.2, -0.15) is 0 Å². The van der Waals surface area contributed by atoms with Crippen molar-refractivity contribution in [2.45, 2.75) is 0 Å². The van der Waals surface area contributed by atoms with Gasteiger partial charge in [0, 0.05) is 0 Å². The van der Waals surface area contributed by atoms with Gasteiger partial charge >= 0.3 is 0 Å². The minimum Gasteiger partial charge on any atom is -0.382 e. The van der Waals surface area contributed by atoms with E-state index < -0.39 is 0 Å². The third-order valence-corrected chi connectivity index (χ3v) is 2.69. The van der Waals surface area contributed by atoms with Gasteiger partial charge in [-0.1, -0.05) is 29.3 Å². The quantitative estimate of drug-likeness (QED) is 0.865. The van der Waals surface area contributed by atoms with Crippen LogP contribution in [0, 0.1) is 0 Å². The van der Waals surface area contributed by atoms with E-state index in [0.29, 0.717) is 27.4 Å². The number of nitrogen functional groups attached to an aromatic ring is 1. The molecular formula is C10H8Cl2N4. The molecule has 0 spiro atoms. The van der Waals surface area contributed by atoms with Crippen molar-refractivity contribution in [2.24, 2.45) is 0 Å². The summed E-state index contributed by atoms with van der Waals surface area (Å²) in [6.45, 7) is 0. The smallest absolute Gasteiger partial charge is 0.151 e. The Morgan fingerprint density at radius 3 is 2.75 bits per heavy atom. The normalized spacial score (nSPS) is 10.1. The molecule has 0 amide bonds. The first-order valence-electron chi connectivity index (χ1n) is 4.45. The van der Waals surface area contributed by atoms with Crippen LogP contribution >= 0.6 is 23.2 Å². The lowest BCUT2D eigenvalue weighted by Crippen LogP contribution is -1.98. The van der Waals surface area contributed by atoms with Gasteiger partial charge in [-0.25, -0.2) is 4.98 Å². The highest BCUT2D eigenvalue weighted by atomic mass is 35.5. The summed E-state index contributed by atoms with van der Waals surface area (Å²) in [6, 6.07) is 5.29. The predicted octanol–water partition coefficient (Wildman–Crippen LogP) is 3.11. The molecule has 1 aromatic heterocycles. The van der Waals surface area contributed by atoms with Gasteiger partial charge in [0.25, 0.3) is 0 Å². The number of hydrogen-bond acceptors (Lipinski definition) is 4. The summed E-state index contributed by atoms with van der Waals surface area (Å²) in [7, 11) is 0. The average Bonchev–Trinajstić information content (AvgIpc) is 2.25. The molecule has 4 nitrogen and oxygen atoms in total. The zero-order chi connectivity index (χ0) is 11.5. The highest BCUT2D eigenvalue weighted by molar-refractivity contribution is 6.43. The third kappa shape index (κ3) is 2.35. The molecule has 1 heterocycles. The molecular weight excluding hydrogens is 247 g/mol. The third-order valence-electron chi connectivity index (χ3n) is 1.87. The predicted molar refractivity (Wildman–Crippen MR) is 66.2 cm³/mol. The topological polar surface area (TPSA) is 63.8 Å². The second-order valence-electron chi connectivity index (χ2n) is 3.06. The fourth-order valence-corrected chi connectivity index (χ4v) is 1.53. The summed E-state index contributed by atoms with van der Waals surface area (Å²) in [4.78, 5) is 7.95. The van der Waals surface area contributed by atoms with E-state index in [-0.39, 0.29) is 0 Å². The Labute approximate surface area is 102 Å². The summed E-state index contributed by atoms with van der Waals surface area (Å²) in [5, 5.41) is 3.90. The molecule has 0 bridgehead atoms. The first-order valence-corrected chi connectivity index (χ1v) is 5.21. The standard InChI is InChI=1S/C10H8Cl2N4/c11-6-2-1-3-7(10(6)12)15-9-5-14-4-8(13)16-9/h1-5H,(H3,13,15,16). The molecule has 0 fully saturated rings. The number of benzene rings is 1. The van der Waals surface area contributed by atoms with Crippen molar-refractivity contribution in [3.63, 3.8) is 0 Å². The first-order chi connectivity index (χ1) is 7.66. The van der Waals surface area contributed by atoms with E-state index >= 15 is 0 Å². The lowest BCUT2D eigenvalue weighted by molar-refractivity contribution is 1.21. The van der Waals surface area contributed by atoms with Gasteiger partial charge in [0.05, 0.1) is 28.1 Å².